The van der Waals surface area contributed by atoms with Gasteiger partial charge in [0.1, 0.15) is 11.1 Å². The minimum absolute atomic E-state index is 0.0747. The molecule has 3 rings (SSSR count). The Bertz CT molecular complexity index is 858. The van der Waals surface area contributed by atoms with E-state index in [-0.39, 0.29) is 5.28 Å². The lowest BCUT2D eigenvalue weighted by atomic mass is 10.1. The number of aromatic nitrogens is 4. The summed E-state index contributed by atoms with van der Waals surface area (Å²) in [5.74, 6) is 0.973. The highest BCUT2D eigenvalue weighted by atomic mass is 35.5. The molecule has 7 heteroatoms. The van der Waals surface area contributed by atoms with Crippen LogP contribution in [-0.2, 0) is 0 Å². The number of H-pyrrole nitrogens is 1. The van der Waals surface area contributed by atoms with Gasteiger partial charge in [0.15, 0.2) is 5.65 Å². The van der Waals surface area contributed by atoms with Gasteiger partial charge in [0.25, 0.3) is 0 Å². The van der Waals surface area contributed by atoms with Crippen LogP contribution in [0.25, 0.3) is 11.0 Å². The topological polar surface area (TPSA) is 87.5 Å². The minimum atomic E-state index is 0.0747. The van der Waals surface area contributed by atoms with Crippen molar-refractivity contribution < 1.29 is 4.74 Å². The fraction of sp³-hybridized carbons (Fsp3) is 0.143. The molecular formula is C14H10ClN5O. The second kappa shape index (κ2) is 5.04. The summed E-state index contributed by atoms with van der Waals surface area (Å²) in [6.07, 6.45) is 1.58. The molecule has 6 nitrogen and oxygen atoms in total. The first-order valence-electron chi connectivity index (χ1n) is 6.14. The first-order chi connectivity index (χ1) is 10.1. The average molecular weight is 300 g/mol. The Balaban J connectivity index is 2.11. The molecule has 104 valence electrons. The zero-order valence-electron chi connectivity index (χ0n) is 11.3. The van der Waals surface area contributed by atoms with Crippen molar-refractivity contribution in [3.05, 3.63) is 40.3 Å². The largest absolute Gasteiger partial charge is 0.438 e. The molecule has 0 fully saturated rings. The third-order valence-electron chi connectivity index (χ3n) is 3.04. The summed E-state index contributed by atoms with van der Waals surface area (Å²) in [4.78, 5) is 8.12. The van der Waals surface area contributed by atoms with E-state index in [1.165, 1.54) is 0 Å². The molecule has 21 heavy (non-hydrogen) atoms. The lowest BCUT2D eigenvalue weighted by molar-refractivity contribution is 0.461. The van der Waals surface area contributed by atoms with Crippen LogP contribution in [0.1, 0.15) is 16.7 Å². The number of fused-ring (bicyclic) bond motifs is 1. The Morgan fingerprint density at radius 3 is 2.62 bits per heavy atom. The molecule has 0 amide bonds. The van der Waals surface area contributed by atoms with Crippen molar-refractivity contribution in [3.8, 4) is 17.7 Å². The monoisotopic (exact) mass is 299 g/mol. The summed E-state index contributed by atoms with van der Waals surface area (Å²) in [7, 11) is 0. The number of benzene rings is 1. The van der Waals surface area contributed by atoms with Gasteiger partial charge in [-0.3, -0.25) is 5.10 Å². The maximum atomic E-state index is 8.98. The molecule has 0 radical (unpaired) electrons. The van der Waals surface area contributed by atoms with Gasteiger partial charge in [-0.15, -0.1) is 0 Å². The van der Waals surface area contributed by atoms with E-state index in [4.69, 9.17) is 21.6 Å². The number of aromatic amines is 1. The summed E-state index contributed by atoms with van der Waals surface area (Å²) in [6.45, 7) is 3.75. The number of aryl methyl sites for hydroxylation is 2. The number of halogens is 1. The van der Waals surface area contributed by atoms with Crippen molar-refractivity contribution in [2.45, 2.75) is 13.8 Å². The quantitative estimate of drug-likeness (QED) is 0.734. The SMILES string of the molecule is Cc1cc(C#N)cc(C)c1Oc1nc(Cl)nc2[nH]ncc12. The first kappa shape index (κ1) is 13.3. The molecule has 0 spiro atoms. The highest BCUT2D eigenvalue weighted by molar-refractivity contribution is 6.28. The number of ether oxygens (including phenoxy) is 1. The van der Waals surface area contributed by atoms with Gasteiger partial charge in [-0.05, 0) is 48.7 Å². The van der Waals surface area contributed by atoms with E-state index >= 15 is 0 Å². The van der Waals surface area contributed by atoms with E-state index in [1.54, 1.807) is 18.3 Å². The molecule has 1 aromatic carbocycles. The van der Waals surface area contributed by atoms with Crippen molar-refractivity contribution in [1.82, 2.24) is 20.2 Å². The highest BCUT2D eigenvalue weighted by Crippen LogP contribution is 2.32. The van der Waals surface area contributed by atoms with Crippen LogP contribution >= 0.6 is 11.6 Å². The second-order valence-corrected chi connectivity index (χ2v) is 4.92. The zero-order valence-corrected chi connectivity index (χ0v) is 12.1. The molecule has 0 atom stereocenters. The number of hydrogen-bond donors (Lipinski definition) is 1. The summed E-state index contributed by atoms with van der Waals surface area (Å²) < 4.78 is 5.89. The smallest absolute Gasteiger partial charge is 0.234 e. The minimum Gasteiger partial charge on any atom is -0.438 e. The fourth-order valence-corrected chi connectivity index (χ4v) is 2.29. The summed E-state index contributed by atoms with van der Waals surface area (Å²) >= 11 is 5.88. The summed E-state index contributed by atoms with van der Waals surface area (Å²) in [5.41, 5.74) is 2.79. The van der Waals surface area contributed by atoms with E-state index in [1.807, 2.05) is 13.8 Å². The number of nitrogens with one attached hydrogen (secondary N) is 1. The molecule has 3 aromatic rings. The van der Waals surface area contributed by atoms with Crippen LogP contribution in [0.4, 0.5) is 0 Å². The maximum Gasteiger partial charge on any atom is 0.234 e. The molecule has 0 aliphatic rings. The third-order valence-corrected chi connectivity index (χ3v) is 3.20. The predicted octanol–water partition coefficient (Wildman–Crippen LogP) is 3.29. The van der Waals surface area contributed by atoms with Crippen molar-refractivity contribution in [2.75, 3.05) is 0 Å². The molecule has 0 aliphatic carbocycles. The van der Waals surface area contributed by atoms with Gasteiger partial charge in [-0.2, -0.15) is 20.3 Å². The van der Waals surface area contributed by atoms with Gasteiger partial charge in [0, 0.05) is 0 Å². The molecular weight excluding hydrogens is 290 g/mol. The van der Waals surface area contributed by atoms with E-state index in [0.29, 0.717) is 28.2 Å². The maximum absolute atomic E-state index is 8.98. The highest BCUT2D eigenvalue weighted by Gasteiger charge is 2.14. The Morgan fingerprint density at radius 1 is 1.24 bits per heavy atom. The standard InChI is InChI=1S/C14H10ClN5O/c1-7-3-9(5-16)4-8(2)11(7)21-13-10-6-17-20-12(10)18-14(15)19-13/h3-4,6H,1-2H3,(H,17,18,19,20). The molecule has 0 unspecified atom stereocenters. The van der Waals surface area contributed by atoms with Crippen LogP contribution in [0.15, 0.2) is 18.3 Å². The van der Waals surface area contributed by atoms with Crippen LogP contribution < -0.4 is 4.74 Å². The lowest BCUT2D eigenvalue weighted by Crippen LogP contribution is -1.96. The number of nitriles is 1. The van der Waals surface area contributed by atoms with Gasteiger partial charge in [-0.25, -0.2) is 0 Å². The van der Waals surface area contributed by atoms with E-state index < -0.39 is 0 Å². The zero-order chi connectivity index (χ0) is 15.0. The van der Waals surface area contributed by atoms with Crippen molar-refractivity contribution in [1.29, 1.82) is 5.26 Å². The van der Waals surface area contributed by atoms with Gasteiger partial charge in [0.2, 0.25) is 11.2 Å². The Morgan fingerprint density at radius 2 is 1.95 bits per heavy atom. The van der Waals surface area contributed by atoms with Crippen LogP contribution in [0.2, 0.25) is 5.28 Å². The van der Waals surface area contributed by atoms with Crippen LogP contribution in [0.5, 0.6) is 11.6 Å². The first-order valence-corrected chi connectivity index (χ1v) is 6.52. The normalized spacial score (nSPS) is 10.6. The number of rotatable bonds is 2. The predicted molar refractivity (Wildman–Crippen MR) is 77.4 cm³/mol. The molecule has 2 aromatic heterocycles. The van der Waals surface area contributed by atoms with Crippen LogP contribution in [-0.4, -0.2) is 20.2 Å². The van der Waals surface area contributed by atoms with Gasteiger partial charge in [0.05, 0.1) is 17.8 Å². The number of nitrogens with zero attached hydrogens (tertiary/aromatic N) is 4. The number of hydrogen-bond acceptors (Lipinski definition) is 5. The molecule has 0 aliphatic heterocycles. The van der Waals surface area contributed by atoms with Crippen molar-refractivity contribution >= 4 is 22.6 Å². The molecule has 1 N–H and O–H groups in total. The van der Waals surface area contributed by atoms with Gasteiger partial charge in [-0.1, -0.05) is 0 Å². The average Bonchev–Trinajstić information content (AvgIpc) is 2.90. The van der Waals surface area contributed by atoms with E-state index in [9.17, 15) is 0 Å². The van der Waals surface area contributed by atoms with Crippen molar-refractivity contribution in [2.24, 2.45) is 0 Å². The molecule has 2 heterocycles. The van der Waals surface area contributed by atoms with Gasteiger partial charge >= 0.3 is 0 Å². The molecule has 0 saturated carbocycles. The Hall–Kier alpha value is -2.65. The molecule has 0 saturated heterocycles. The third kappa shape index (κ3) is 2.39. The summed E-state index contributed by atoms with van der Waals surface area (Å²) in [5, 5.41) is 16.3. The Labute approximate surface area is 125 Å². The summed E-state index contributed by atoms with van der Waals surface area (Å²) in [6, 6.07) is 5.64. The van der Waals surface area contributed by atoms with Crippen molar-refractivity contribution in [3.63, 3.8) is 0 Å². The van der Waals surface area contributed by atoms with Crippen LogP contribution in [0, 0.1) is 25.2 Å². The van der Waals surface area contributed by atoms with Crippen LogP contribution in [0.3, 0.4) is 0 Å². The van der Waals surface area contributed by atoms with E-state index in [0.717, 1.165) is 11.1 Å². The van der Waals surface area contributed by atoms with Gasteiger partial charge < -0.3 is 4.74 Å². The Kier molecular flexibility index (Phi) is 3.20. The lowest BCUT2D eigenvalue weighted by Gasteiger charge is -2.12. The second-order valence-electron chi connectivity index (χ2n) is 4.58. The molecule has 0 bridgehead atoms. The fourth-order valence-electron chi connectivity index (χ4n) is 2.13. The van der Waals surface area contributed by atoms with E-state index in [2.05, 4.69) is 26.2 Å².